The Hall–Kier alpha value is -13.7. The molecule has 0 saturated heterocycles. The van der Waals surface area contributed by atoms with Gasteiger partial charge in [-0.05, 0) is 215 Å². The van der Waals surface area contributed by atoms with Crippen molar-refractivity contribution in [2.45, 2.75) is 10.8 Å². The largest absolute Gasteiger partial charge is 0.310 e. The fourth-order valence-electron chi connectivity index (χ4n) is 18.1. The summed E-state index contributed by atoms with van der Waals surface area (Å²) in [5.74, 6) is 0. The molecule has 21 rings (SSSR count). The van der Waals surface area contributed by atoms with Crippen LogP contribution in [0, 0.1) is 0 Å². The summed E-state index contributed by atoms with van der Waals surface area (Å²) in [6.45, 7) is 0. The summed E-state index contributed by atoms with van der Waals surface area (Å²) in [5, 5.41) is 15.3. The zero-order valence-corrected chi connectivity index (χ0v) is 58.3. The van der Waals surface area contributed by atoms with Crippen LogP contribution >= 0.6 is 0 Å². The van der Waals surface area contributed by atoms with Crippen LogP contribution in [0.4, 0.5) is 34.1 Å². The van der Waals surface area contributed by atoms with Gasteiger partial charge in [-0.15, -0.1) is 0 Å². The van der Waals surface area contributed by atoms with E-state index in [9.17, 15) is 0 Å². The van der Waals surface area contributed by atoms with E-state index in [4.69, 9.17) is 0 Å². The highest BCUT2D eigenvalue weighted by Crippen LogP contribution is 2.60. The lowest BCUT2D eigenvalue weighted by molar-refractivity contribution is 0.768. The summed E-state index contributed by atoms with van der Waals surface area (Å²) in [4.78, 5) is 4.87. The van der Waals surface area contributed by atoms with E-state index in [-0.39, 0.29) is 0 Å². The summed E-state index contributed by atoms with van der Waals surface area (Å²) in [7, 11) is 0. The first-order valence-electron chi connectivity index (χ1n) is 36.8. The minimum Gasteiger partial charge on any atom is -0.310 e. The fraction of sp³-hybridized carbons (Fsp3) is 0.0192. The molecule has 106 heavy (non-hydrogen) atoms. The van der Waals surface area contributed by atoms with Crippen molar-refractivity contribution in [3.63, 3.8) is 0 Å². The highest BCUT2D eigenvalue weighted by atomic mass is 15.1. The molecule has 0 unspecified atom stereocenters. The Morgan fingerprint density at radius 3 is 0.736 bits per heavy atom. The summed E-state index contributed by atoms with van der Waals surface area (Å²) in [5.41, 5.74) is 23.6. The molecule has 0 saturated carbocycles. The van der Waals surface area contributed by atoms with Gasteiger partial charge in [-0.1, -0.05) is 352 Å². The number of hydrogen-bond acceptors (Lipinski definition) is 2. The predicted molar refractivity (Wildman–Crippen MR) is 447 cm³/mol. The smallest absolute Gasteiger partial charge is 0.0714 e. The van der Waals surface area contributed by atoms with Gasteiger partial charge in [0.15, 0.2) is 0 Å². The van der Waals surface area contributed by atoms with Crippen molar-refractivity contribution in [1.82, 2.24) is 0 Å². The molecule has 2 nitrogen and oxygen atoms in total. The predicted octanol–water partition coefficient (Wildman–Crippen LogP) is 27.6. The maximum Gasteiger partial charge on any atom is 0.0714 e. The molecule has 0 atom stereocenters. The first kappa shape index (κ1) is 62.1. The van der Waals surface area contributed by atoms with Crippen LogP contribution in [0.2, 0.25) is 0 Å². The quantitative estimate of drug-likeness (QED) is 0.119. The maximum atomic E-state index is 2.46. The molecular weight excluding hydrogens is 1280 g/mol. The highest BCUT2D eigenvalue weighted by Gasteiger charge is 2.48. The molecule has 0 aliphatic heterocycles. The Balaban J connectivity index is 0.000000141. The molecule has 2 aliphatic rings. The third-order valence-electron chi connectivity index (χ3n) is 22.6. The Bertz CT molecular complexity index is 6400. The van der Waals surface area contributed by atoms with Crippen LogP contribution in [0.5, 0.6) is 0 Å². The van der Waals surface area contributed by atoms with E-state index in [1.165, 1.54) is 143 Å². The monoisotopic (exact) mass is 1350 g/mol. The average Bonchev–Trinajstić information content (AvgIpc) is 1.11. The number of benzene rings is 19. The molecule has 0 aromatic heterocycles. The van der Waals surface area contributed by atoms with Gasteiger partial charge in [0.2, 0.25) is 0 Å². The first-order chi connectivity index (χ1) is 52.6. The third-order valence-corrected chi connectivity index (χ3v) is 22.6. The van der Waals surface area contributed by atoms with E-state index >= 15 is 0 Å². The Morgan fingerprint density at radius 1 is 0.142 bits per heavy atom. The zero-order valence-electron chi connectivity index (χ0n) is 58.3. The molecule has 0 radical (unpaired) electrons. The van der Waals surface area contributed by atoms with Crippen LogP contribution in [-0.2, 0) is 10.8 Å². The van der Waals surface area contributed by atoms with E-state index < -0.39 is 10.8 Å². The van der Waals surface area contributed by atoms with Crippen LogP contribution < -0.4 is 9.80 Å². The molecule has 0 amide bonds. The Kier molecular flexibility index (Phi) is 15.1. The van der Waals surface area contributed by atoms with Gasteiger partial charge in [-0.2, -0.15) is 0 Å². The molecule has 496 valence electrons. The second kappa shape index (κ2) is 25.7. The molecular formula is C104H70N2. The van der Waals surface area contributed by atoms with Gasteiger partial charge in [-0.25, -0.2) is 0 Å². The van der Waals surface area contributed by atoms with Crippen molar-refractivity contribution < 1.29 is 0 Å². The molecule has 0 fully saturated rings. The minimum atomic E-state index is -0.494. The van der Waals surface area contributed by atoms with Gasteiger partial charge >= 0.3 is 0 Å². The summed E-state index contributed by atoms with van der Waals surface area (Å²) < 4.78 is 0. The van der Waals surface area contributed by atoms with Gasteiger partial charge in [0.05, 0.1) is 10.8 Å². The van der Waals surface area contributed by atoms with Gasteiger partial charge in [0, 0.05) is 34.1 Å². The van der Waals surface area contributed by atoms with Crippen LogP contribution in [0.1, 0.15) is 44.5 Å². The van der Waals surface area contributed by atoms with Gasteiger partial charge in [-0.3, -0.25) is 0 Å². The molecule has 0 bridgehead atoms. The minimum absolute atomic E-state index is 0.467. The standard InChI is InChI=1S/C55H37N.C49H33N/c1-4-16-38(17-5-1)39-28-30-42(31-29-39)56(43-32-34-49-47-24-11-10-22-45(47)46-23-12-13-25-48(46)52(49)36-43)44-33-35-51-50-26-14-15-27-53(50)55(54(51)37-44,40-18-6-2-7-19-40)41-20-8-3-9-21-41;1-4-16-34(17-5-1)49(35-18-6-2-7-19-35)47-27-15-14-26-44(47)45-31-29-38(33-48(45)49)50(36-20-8-3-9-21-36)37-28-30-43-41-24-11-10-22-39(41)40-23-12-13-25-42(40)46(43)32-37/h1-37H;1-33H. The molecule has 0 spiro atoms. The first-order valence-corrected chi connectivity index (χ1v) is 36.8. The van der Waals surface area contributed by atoms with Crippen LogP contribution in [0.25, 0.3) is 98.0 Å². The molecule has 0 heterocycles. The van der Waals surface area contributed by atoms with Crippen LogP contribution in [-0.4, -0.2) is 0 Å². The second-order valence-corrected chi connectivity index (χ2v) is 28.1. The number of nitrogens with zero attached hydrogens (tertiary/aromatic N) is 2. The van der Waals surface area contributed by atoms with Crippen molar-refractivity contribution in [2.24, 2.45) is 0 Å². The fourth-order valence-corrected chi connectivity index (χ4v) is 18.1. The number of rotatable bonds is 11. The van der Waals surface area contributed by atoms with Crippen molar-refractivity contribution in [2.75, 3.05) is 9.80 Å². The molecule has 19 aromatic carbocycles. The van der Waals surface area contributed by atoms with Crippen LogP contribution in [0.3, 0.4) is 0 Å². The lowest BCUT2D eigenvalue weighted by Gasteiger charge is -2.35. The number of para-hydroxylation sites is 1. The summed E-state index contributed by atoms with van der Waals surface area (Å²) in [6.07, 6.45) is 0. The molecule has 2 aliphatic carbocycles. The van der Waals surface area contributed by atoms with E-state index in [0.717, 1.165) is 34.1 Å². The molecule has 0 N–H and O–H groups in total. The van der Waals surface area contributed by atoms with E-state index in [0.29, 0.717) is 0 Å². The van der Waals surface area contributed by atoms with Gasteiger partial charge < -0.3 is 9.80 Å². The SMILES string of the molecule is c1ccc(-c2ccc(N(c3ccc4c(c3)C(c3ccccc3)(c3ccccc3)c3ccccc3-4)c3ccc4c5ccccc5c5ccccc5c4c3)cc2)cc1.c1ccc(N(c2ccc3c(c2)C(c2ccccc2)(c2ccccc2)c2ccccc2-3)c2ccc3c4ccccc4c4ccccc4c3c2)cc1. The highest BCUT2D eigenvalue weighted by molar-refractivity contribution is 6.27. The summed E-state index contributed by atoms with van der Waals surface area (Å²) in [6, 6.07) is 156. The van der Waals surface area contributed by atoms with Gasteiger partial charge in [0.1, 0.15) is 0 Å². The molecule has 2 heteroatoms. The van der Waals surface area contributed by atoms with E-state index in [1.54, 1.807) is 0 Å². The van der Waals surface area contributed by atoms with Gasteiger partial charge in [0.25, 0.3) is 0 Å². The third kappa shape index (κ3) is 9.87. The maximum absolute atomic E-state index is 2.46. The Morgan fingerprint density at radius 2 is 0.377 bits per heavy atom. The number of hydrogen-bond donors (Lipinski definition) is 0. The Labute approximate surface area is 617 Å². The molecule has 19 aromatic rings. The average molecular weight is 1350 g/mol. The van der Waals surface area contributed by atoms with E-state index in [1.807, 2.05) is 0 Å². The topological polar surface area (TPSA) is 6.48 Å². The van der Waals surface area contributed by atoms with Crippen molar-refractivity contribution in [1.29, 1.82) is 0 Å². The normalized spacial score (nSPS) is 12.9. The van der Waals surface area contributed by atoms with Crippen molar-refractivity contribution in [3.05, 3.63) is 469 Å². The summed E-state index contributed by atoms with van der Waals surface area (Å²) >= 11 is 0. The van der Waals surface area contributed by atoms with Crippen molar-refractivity contribution in [3.8, 4) is 33.4 Å². The number of anilines is 6. The van der Waals surface area contributed by atoms with E-state index in [2.05, 4.69) is 434 Å². The lowest BCUT2D eigenvalue weighted by Crippen LogP contribution is -2.28. The van der Waals surface area contributed by atoms with Crippen LogP contribution in [0.15, 0.2) is 425 Å². The number of fused-ring (bicyclic) bond motifs is 18. The zero-order chi connectivity index (χ0) is 70.1. The van der Waals surface area contributed by atoms with Crippen molar-refractivity contribution >= 4 is 98.8 Å². The lowest BCUT2D eigenvalue weighted by atomic mass is 9.67. The second-order valence-electron chi connectivity index (χ2n) is 28.1.